The molecule has 1 N–H and O–H groups in total. The van der Waals surface area contributed by atoms with Crippen LogP contribution >= 0.6 is 34.8 Å². The van der Waals surface area contributed by atoms with Crippen LogP contribution in [0.4, 0.5) is 5.69 Å². The van der Waals surface area contributed by atoms with E-state index in [-0.39, 0.29) is 29.8 Å². The van der Waals surface area contributed by atoms with E-state index in [0.29, 0.717) is 0 Å². The highest BCUT2D eigenvalue weighted by Crippen LogP contribution is 2.16. The fraction of sp³-hybridized carbons (Fsp3) is 0.182. The quantitative estimate of drug-likeness (QED) is 0.474. The Bertz CT molecular complexity index is 471. The van der Waals surface area contributed by atoms with Crippen molar-refractivity contribution in [2.45, 2.75) is 12.8 Å². The van der Waals surface area contributed by atoms with E-state index >= 15 is 0 Å². The molecular formula is C11H9IN2O2S. The molecule has 6 heteroatoms. The Labute approximate surface area is 118 Å². The van der Waals surface area contributed by atoms with E-state index in [1.807, 2.05) is 24.3 Å². The summed E-state index contributed by atoms with van der Waals surface area (Å²) in [5.41, 5.74) is 0.767. The minimum atomic E-state index is -0.238. The first-order chi connectivity index (χ1) is 8.08. The average molecular weight is 360 g/mol. The van der Waals surface area contributed by atoms with Gasteiger partial charge in [0.25, 0.3) is 0 Å². The first-order valence-electron chi connectivity index (χ1n) is 5.00. The second-order valence-electron chi connectivity index (χ2n) is 3.56. The monoisotopic (exact) mass is 360 g/mol. The van der Waals surface area contributed by atoms with Gasteiger partial charge in [0.2, 0.25) is 11.8 Å². The Hall–Kier alpha value is -1.02. The minimum Gasteiger partial charge on any atom is -0.332 e. The zero-order valence-corrected chi connectivity index (χ0v) is 11.7. The third kappa shape index (κ3) is 2.81. The van der Waals surface area contributed by atoms with Crippen molar-refractivity contribution in [3.8, 4) is 0 Å². The highest BCUT2D eigenvalue weighted by molar-refractivity contribution is 14.1. The molecule has 88 valence electrons. The van der Waals surface area contributed by atoms with Crippen molar-refractivity contribution in [3.63, 3.8) is 0 Å². The summed E-state index contributed by atoms with van der Waals surface area (Å²) in [5, 5.41) is 3.04. The molecule has 0 aromatic heterocycles. The van der Waals surface area contributed by atoms with Crippen molar-refractivity contribution in [2.75, 3.05) is 5.32 Å². The summed E-state index contributed by atoms with van der Waals surface area (Å²) in [5.74, 6) is -0.476. The molecule has 1 fully saturated rings. The summed E-state index contributed by atoms with van der Waals surface area (Å²) in [6.07, 6.45) is 0.487. The number of anilines is 1. The molecule has 1 aromatic rings. The van der Waals surface area contributed by atoms with E-state index in [4.69, 9.17) is 12.2 Å². The maximum atomic E-state index is 11.4. The molecule has 1 heterocycles. The van der Waals surface area contributed by atoms with Gasteiger partial charge in [-0.05, 0) is 59.1 Å². The molecule has 0 bridgehead atoms. The number of benzene rings is 1. The van der Waals surface area contributed by atoms with Crippen LogP contribution in [0.3, 0.4) is 0 Å². The standard InChI is InChI=1S/C11H9IN2O2S/c12-7-1-3-8(4-2-7)13-11(17)14-9(15)5-6-10(14)16/h1-4H,5-6H2,(H,13,17). The number of amides is 2. The van der Waals surface area contributed by atoms with Gasteiger partial charge in [-0.1, -0.05) is 0 Å². The van der Waals surface area contributed by atoms with Crippen molar-refractivity contribution in [1.82, 2.24) is 4.90 Å². The number of nitrogens with one attached hydrogen (secondary N) is 1. The number of likely N-dealkylation sites (tertiary alicyclic amines) is 1. The predicted octanol–water partition coefficient (Wildman–Crippen LogP) is 2.14. The van der Waals surface area contributed by atoms with Crippen LogP contribution in [-0.2, 0) is 9.59 Å². The largest absolute Gasteiger partial charge is 0.332 e. The van der Waals surface area contributed by atoms with Gasteiger partial charge in [-0.15, -0.1) is 0 Å². The van der Waals surface area contributed by atoms with Crippen molar-refractivity contribution in [3.05, 3.63) is 27.8 Å². The molecule has 0 atom stereocenters. The van der Waals surface area contributed by atoms with Crippen LogP contribution in [0.1, 0.15) is 12.8 Å². The van der Waals surface area contributed by atoms with Gasteiger partial charge in [0.05, 0.1) is 0 Å². The van der Waals surface area contributed by atoms with Gasteiger partial charge < -0.3 is 5.32 Å². The highest BCUT2D eigenvalue weighted by atomic mass is 127. The lowest BCUT2D eigenvalue weighted by Gasteiger charge is -2.16. The fourth-order valence-electron chi connectivity index (χ4n) is 1.52. The van der Waals surface area contributed by atoms with Crippen molar-refractivity contribution in [2.24, 2.45) is 0 Å². The van der Waals surface area contributed by atoms with Gasteiger partial charge in [-0.3, -0.25) is 9.59 Å². The van der Waals surface area contributed by atoms with Crippen LogP contribution in [0.2, 0.25) is 0 Å². The average Bonchev–Trinajstić information content (AvgIpc) is 2.62. The molecule has 0 aliphatic carbocycles. The Morgan fingerprint density at radius 2 is 1.71 bits per heavy atom. The number of carbonyl (C=O) groups excluding carboxylic acids is 2. The Morgan fingerprint density at radius 1 is 1.18 bits per heavy atom. The predicted molar refractivity (Wildman–Crippen MR) is 76.5 cm³/mol. The number of halogens is 1. The van der Waals surface area contributed by atoms with Crippen molar-refractivity contribution >= 4 is 57.4 Å². The second-order valence-corrected chi connectivity index (χ2v) is 5.19. The van der Waals surface area contributed by atoms with Crippen LogP contribution in [0, 0.1) is 3.57 Å². The van der Waals surface area contributed by atoms with Crippen LogP contribution < -0.4 is 5.32 Å². The Kier molecular flexibility index (Phi) is 3.72. The van der Waals surface area contributed by atoms with E-state index in [0.717, 1.165) is 14.2 Å². The molecule has 4 nitrogen and oxygen atoms in total. The van der Waals surface area contributed by atoms with Crippen molar-refractivity contribution in [1.29, 1.82) is 0 Å². The number of thiocarbonyl (C=S) groups is 1. The highest BCUT2D eigenvalue weighted by Gasteiger charge is 2.32. The van der Waals surface area contributed by atoms with E-state index in [9.17, 15) is 9.59 Å². The number of carbonyl (C=O) groups is 2. The summed E-state index contributed by atoms with van der Waals surface area (Å²) in [6, 6.07) is 7.52. The van der Waals surface area contributed by atoms with Gasteiger partial charge in [0.15, 0.2) is 5.11 Å². The van der Waals surface area contributed by atoms with Crippen molar-refractivity contribution < 1.29 is 9.59 Å². The van der Waals surface area contributed by atoms with Crippen LogP contribution in [-0.4, -0.2) is 21.8 Å². The van der Waals surface area contributed by atoms with E-state index in [1.165, 1.54) is 0 Å². The second kappa shape index (κ2) is 5.09. The summed E-state index contributed by atoms with van der Waals surface area (Å²) in [4.78, 5) is 23.9. The lowest BCUT2D eigenvalue weighted by atomic mass is 10.3. The molecule has 0 spiro atoms. The lowest BCUT2D eigenvalue weighted by molar-refractivity contribution is -0.133. The Balaban J connectivity index is 2.09. The van der Waals surface area contributed by atoms with Crippen LogP contribution in [0.5, 0.6) is 0 Å². The third-order valence-corrected chi connectivity index (χ3v) is 3.35. The van der Waals surface area contributed by atoms with Crippen LogP contribution in [0.25, 0.3) is 0 Å². The SMILES string of the molecule is O=C1CCC(=O)N1C(=S)Nc1ccc(I)cc1. The lowest BCUT2D eigenvalue weighted by Crippen LogP contribution is -2.38. The maximum Gasteiger partial charge on any atom is 0.236 e. The molecule has 0 unspecified atom stereocenters. The Morgan fingerprint density at radius 3 is 2.24 bits per heavy atom. The zero-order chi connectivity index (χ0) is 12.4. The first kappa shape index (κ1) is 12.4. The fourth-order valence-corrected chi connectivity index (χ4v) is 2.20. The molecule has 0 saturated carbocycles. The molecule has 1 aliphatic heterocycles. The topological polar surface area (TPSA) is 49.4 Å². The molecule has 2 rings (SSSR count). The summed E-state index contributed by atoms with van der Waals surface area (Å²) in [6.45, 7) is 0. The van der Waals surface area contributed by atoms with E-state index in [1.54, 1.807) is 0 Å². The number of hydrogen-bond acceptors (Lipinski definition) is 3. The smallest absolute Gasteiger partial charge is 0.236 e. The van der Waals surface area contributed by atoms with Gasteiger partial charge in [-0.2, -0.15) is 0 Å². The number of rotatable bonds is 1. The molecule has 1 aliphatic rings. The number of hydrogen-bond donors (Lipinski definition) is 1. The molecule has 1 saturated heterocycles. The number of imide groups is 1. The van der Waals surface area contributed by atoms with E-state index < -0.39 is 0 Å². The van der Waals surface area contributed by atoms with Gasteiger partial charge in [0.1, 0.15) is 0 Å². The molecule has 1 aromatic carbocycles. The molecular weight excluding hydrogens is 351 g/mol. The summed E-state index contributed by atoms with van der Waals surface area (Å²) < 4.78 is 1.10. The van der Waals surface area contributed by atoms with Gasteiger partial charge >= 0.3 is 0 Å². The molecule has 0 radical (unpaired) electrons. The summed E-state index contributed by atoms with van der Waals surface area (Å²) >= 11 is 7.25. The minimum absolute atomic E-state index is 0.152. The maximum absolute atomic E-state index is 11.4. The number of nitrogens with zero attached hydrogens (tertiary/aromatic N) is 1. The third-order valence-electron chi connectivity index (χ3n) is 2.35. The molecule has 2 amide bonds. The first-order valence-corrected chi connectivity index (χ1v) is 6.49. The van der Waals surface area contributed by atoms with Gasteiger partial charge in [-0.25, -0.2) is 4.90 Å². The molecule has 17 heavy (non-hydrogen) atoms. The summed E-state index contributed by atoms with van der Waals surface area (Å²) in [7, 11) is 0. The van der Waals surface area contributed by atoms with Gasteiger partial charge in [0, 0.05) is 22.1 Å². The zero-order valence-electron chi connectivity index (χ0n) is 8.77. The normalized spacial score (nSPS) is 15.2. The van der Waals surface area contributed by atoms with Crippen LogP contribution in [0.15, 0.2) is 24.3 Å². The van der Waals surface area contributed by atoms with E-state index in [2.05, 4.69) is 27.9 Å².